The van der Waals surface area contributed by atoms with E-state index in [1.54, 1.807) is 0 Å². The van der Waals surface area contributed by atoms with Crippen molar-refractivity contribution in [3.05, 3.63) is 53.7 Å². The molecule has 1 unspecified atom stereocenters. The molecule has 0 aliphatic carbocycles. The quantitative estimate of drug-likeness (QED) is 0.809. The highest BCUT2D eigenvalue weighted by Crippen LogP contribution is 2.23. The minimum atomic E-state index is 0.588. The smallest absolute Gasteiger partial charge is 0.172 e. The zero-order valence-electron chi connectivity index (χ0n) is 15.0. The summed E-state index contributed by atoms with van der Waals surface area (Å²) in [5.41, 5.74) is 3.67. The van der Waals surface area contributed by atoms with E-state index in [0.717, 1.165) is 23.8 Å². The molecule has 1 aliphatic heterocycles. The number of hydrogen-bond acceptors (Lipinski definition) is 3. The Balaban J connectivity index is 1.49. The van der Waals surface area contributed by atoms with E-state index >= 15 is 0 Å². The molecule has 0 bridgehead atoms. The highest BCUT2D eigenvalue weighted by atomic mass is 32.1. The number of nitrogens with zero attached hydrogens (tertiary/aromatic N) is 2. The number of anilines is 2. The van der Waals surface area contributed by atoms with E-state index in [1.165, 1.54) is 30.6 Å². The van der Waals surface area contributed by atoms with Crippen LogP contribution in [0.4, 0.5) is 11.5 Å². The zero-order valence-corrected chi connectivity index (χ0v) is 15.8. The van der Waals surface area contributed by atoms with Gasteiger partial charge in [-0.25, -0.2) is 4.98 Å². The van der Waals surface area contributed by atoms with Crippen LogP contribution in [-0.2, 0) is 6.54 Å². The first-order valence-corrected chi connectivity index (χ1v) is 9.32. The summed E-state index contributed by atoms with van der Waals surface area (Å²) >= 11 is 5.34. The molecule has 3 rings (SSSR count). The topological polar surface area (TPSA) is 40.2 Å². The van der Waals surface area contributed by atoms with E-state index in [4.69, 9.17) is 12.2 Å². The number of aromatic nitrogens is 1. The second-order valence-electron chi connectivity index (χ2n) is 6.89. The predicted molar refractivity (Wildman–Crippen MR) is 109 cm³/mol. The fourth-order valence-electron chi connectivity index (χ4n) is 3.13. The Bertz CT molecular complexity index is 697. The van der Waals surface area contributed by atoms with Crippen molar-refractivity contribution in [2.75, 3.05) is 23.3 Å². The number of aryl methyl sites for hydroxylation is 1. The van der Waals surface area contributed by atoms with E-state index in [-0.39, 0.29) is 0 Å². The maximum Gasteiger partial charge on any atom is 0.172 e. The van der Waals surface area contributed by atoms with Gasteiger partial charge in [0, 0.05) is 31.5 Å². The Hall–Kier alpha value is -2.14. The van der Waals surface area contributed by atoms with Gasteiger partial charge in [-0.1, -0.05) is 25.1 Å². The molecule has 1 saturated heterocycles. The maximum absolute atomic E-state index is 5.34. The van der Waals surface area contributed by atoms with Crippen molar-refractivity contribution in [2.45, 2.75) is 33.2 Å². The molecule has 1 atom stereocenters. The number of hydrogen-bond donors (Lipinski definition) is 2. The van der Waals surface area contributed by atoms with Gasteiger partial charge < -0.3 is 15.5 Å². The number of pyridine rings is 1. The fourth-order valence-corrected chi connectivity index (χ4v) is 3.31. The molecule has 0 radical (unpaired) electrons. The van der Waals surface area contributed by atoms with E-state index in [9.17, 15) is 0 Å². The molecule has 0 spiro atoms. The largest absolute Gasteiger partial charge is 0.371 e. The van der Waals surface area contributed by atoms with E-state index in [0.29, 0.717) is 11.7 Å². The molecule has 1 fully saturated rings. The molecule has 0 saturated carbocycles. The minimum Gasteiger partial charge on any atom is -0.371 e. The van der Waals surface area contributed by atoms with Crippen LogP contribution in [0.5, 0.6) is 0 Å². The van der Waals surface area contributed by atoms with Crippen molar-refractivity contribution >= 4 is 28.8 Å². The number of benzene rings is 1. The number of piperidine rings is 1. The molecule has 2 heterocycles. The Kier molecular flexibility index (Phi) is 5.87. The fraction of sp³-hybridized carbons (Fsp3) is 0.400. The summed E-state index contributed by atoms with van der Waals surface area (Å²) in [4.78, 5) is 6.79. The van der Waals surface area contributed by atoms with E-state index in [2.05, 4.69) is 51.7 Å². The van der Waals surface area contributed by atoms with Crippen molar-refractivity contribution in [3.8, 4) is 0 Å². The molecular weight excluding hydrogens is 328 g/mol. The van der Waals surface area contributed by atoms with E-state index in [1.807, 2.05) is 25.3 Å². The average Bonchev–Trinajstić information content (AvgIpc) is 2.62. The molecule has 132 valence electrons. The van der Waals surface area contributed by atoms with Crippen LogP contribution < -0.4 is 15.5 Å². The summed E-state index contributed by atoms with van der Waals surface area (Å²) in [6.07, 6.45) is 4.46. The predicted octanol–water partition coefficient (Wildman–Crippen LogP) is 4.11. The van der Waals surface area contributed by atoms with Crippen molar-refractivity contribution in [1.82, 2.24) is 10.3 Å². The molecule has 4 nitrogen and oxygen atoms in total. The van der Waals surface area contributed by atoms with Gasteiger partial charge in [0.25, 0.3) is 0 Å². The van der Waals surface area contributed by atoms with Crippen LogP contribution in [-0.4, -0.2) is 23.2 Å². The van der Waals surface area contributed by atoms with Gasteiger partial charge in [-0.05, 0) is 67.2 Å². The van der Waals surface area contributed by atoms with E-state index < -0.39 is 0 Å². The van der Waals surface area contributed by atoms with Crippen LogP contribution in [0.25, 0.3) is 0 Å². The van der Waals surface area contributed by atoms with Crippen molar-refractivity contribution in [3.63, 3.8) is 0 Å². The maximum atomic E-state index is 5.34. The average molecular weight is 355 g/mol. The first kappa shape index (κ1) is 17.7. The third-order valence-electron chi connectivity index (χ3n) is 4.56. The Morgan fingerprint density at radius 1 is 1.24 bits per heavy atom. The second kappa shape index (κ2) is 8.30. The van der Waals surface area contributed by atoms with Gasteiger partial charge in [-0.2, -0.15) is 0 Å². The lowest BCUT2D eigenvalue weighted by Gasteiger charge is -2.32. The Labute approximate surface area is 155 Å². The van der Waals surface area contributed by atoms with Gasteiger partial charge in [0.05, 0.1) is 0 Å². The van der Waals surface area contributed by atoms with Crippen molar-refractivity contribution in [2.24, 2.45) is 5.92 Å². The lowest BCUT2D eigenvalue weighted by atomic mass is 9.99. The number of rotatable bonds is 4. The molecule has 25 heavy (non-hydrogen) atoms. The van der Waals surface area contributed by atoms with Gasteiger partial charge in [0.15, 0.2) is 5.11 Å². The summed E-state index contributed by atoms with van der Waals surface area (Å²) in [7, 11) is 0. The summed E-state index contributed by atoms with van der Waals surface area (Å²) in [5, 5.41) is 6.93. The number of nitrogens with one attached hydrogen (secondary N) is 2. The zero-order chi connectivity index (χ0) is 17.6. The van der Waals surface area contributed by atoms with Gasteiger partial charge in [0.1, 0.15) is 5.82 Å². The van der Waals surface area contributed by atoms with Crippen LogP contribution in [0.2, 0.25) is 0 Å². The van der Waals surface area contributed by atoms with Crippen LogP contribution in [0.3, 0.4) is 0 Å². The van der Waals surface area contributed by atoms with Crippen LogP contribution in [0.15, 0.2) is 42.6 Å². The van der Waals surface area contributed by atoms with Gasteiger partial charge in [-0.3, -0.25) is 0 Å². The summed E-state index contributed by atoms with van der Waals surface area (Å²) < 4.78 is 0. The summed E-state index contributed by atoms with van der Waals surface area (Å²) in [5.74, 6) is 1.55. The van der Waals surface area contributed by atoms with Crippen LogP contribution >= 0.6 is 12.2 Å². The highest BCUT2D eigenvalue weighted by Gasteiger charge is 2.16. The molecule has 1 aromatic carbocycles. The molecule has 2 aromatic rings. The van der Waals surface area contributed by atoms with Crippen molar-refractivity contribution in [1.29, 1.82) is 0 Å². The lowest BCUT2D eigenvalue weighted by molar-refractivity contribution is 0.447. The minimum absolute atomic E-state index is 0.588. The van der Waals surface area contributed by atoms with Crippen LogP contribution in [0.1, 0.15) is 30.9 Å². The van der Waals surface area contributed by atoms with Crippen molar-refractivity contribution < 1.29 is 0 Å². The second-order valence-corrected chi connectivity index (χ2v) is 7.30. The normalized spacial score (nSPS) is 17.2. The molecule has 0 amide bonds. The molecule has 1 aromatic heterocycles. The molecule has 5 heteroatoms. The monoisotopic (exact) mass is 354 g/mol. The summed E-state index contributed by atoms with van der Waals surface area (Å²) in [6.45, 7) is 7.38. The molecule has 1 aliphatic rings. The Morgan fingerprint density at radius 3 is 2.72 bits per heavy atom. The third kappa shape index (κ3) is 5.16. The Morgan fingerprint density at radius 2 is 2.04 bits per heavy atom. The third-order valence-corrected chi connectivity index (χ3v) is 4.81. The standard InChI is InChI=1S/C20H26N4S/c1-15-5-10-19(21-12-15)23-20(25)22-13-17-6-8-18(9-7-17)24-11-3-4-16(2)14-24/h5-10,12,16H,3-4,11,13-14H2,1-2H3,(H2,21,22,23,25). The SMILES string of the molecule is Cc1ccc(NC(=S)NCc2ccc(N3CCCC(C)C3)cc2)nc1. The van der Waals surface area contributed by atoms with Crippen LogP contribution in [0, 0.1) is 12.8 Å². The van der Waals surface area contributed by atoms with Gasteiger partial charge in [-0.15, -0.1) is 0 Å². The first-order chi connectivity index (χ1) is 12.1. The summed E-state index contributed by atoms with van der Waals surface area (Å²) in [6, 6.07) is 12.7. The van der Waals surface area contributed by atoms with Gasteiger partial charge in [0.2, 0.25) is 0 Å². The molecular formula is C20H26N4S. The first-order valence-electron chi connectivity index (χ1n) is 8.91. The van der Waals surface area contributed by atoms with Gasteiger partial charge >= 0.3 is 0 Å². The highest BCUT2D eigenvalue weighted by molar-refractivity contribution is 7.80. The lowest BCUT2D eigenvalue weighted by Crippen LogP contribution is -2.34. The molecule has 2 N–H and O–H groups in total. The number of thiocarbonyl (C=S) groups is 1.